The lowest BCUT2D eigenvalue weighted by molar-refractivity contribution is -0.137. The first-order valence-electron chi connectivity index (χ1n) is 5.18. The molecule has 2 aromatic rings. The van der Waals surface area contributed by atoms with Gasteiger partial charge in [-0.2, -0.15) is 10.2 Å². The van der Waals surface area contributed by atoms with Crippen molar-refractivity contribution in [1.29, 1.82) is 0 Å². The van der Waals surface area contributed by atoms with Gasteiger partial charge >= 0.3 is 0 Å². The van der Waals surface area contributed by atoms with E-state index in [1.807, 2.05) is 31.2 Å². The Morgan fingerprint density at radius 1 is 0.824 bits per heavy atom. The van der Waals surface area contributed by atoms with Gasteiger partial charge in [0.15, 0.2) is 5.75 Å². The molecular formula is C13H12N2O2. The zero-order valence-corrected chi connectivity index (χ0v) is 9.37. The van der Waals surface area contributed by atoms with Gasteiger partial charge in [0.25, 0.3) is 0 Å². The van der Waals surface area contributed by atoms with Crippen molar-refractivity contribution in [2.75, 3.05) is 0 Å². The fraction of sp³-hybridized carbons (Fsp3) is 0.0769. The van der Waals surface area contributed by atoms with Gasteiger partial charge in [-0.15, -0.1) is 0 Å². The Bertz CT molecular complexity index is 504. The first kappa shape index (κ1) is 11.3. The summed E-state index contributed by atoms with van der Waals surface area (Å²) in [6.45, 7) is 2.02. The van der Waals surface area contributed by atoms with E-state index in [1.165, 1.54) is 5.56 Å². The molecule has 0 atom stereocenters. The highest BCUT2D eigenvalue weighted by Crippen LogP contribution is 2.21. The molecule has 0 aromatic heterocycles. The lowest BCUT2D eigenvalue weighted by atomic mass is 10.2. The maximum absolute atomic E-state index is 8.41. The molecule has 0 aliphatic carbocycles. The second-order valence-electron chi connectivity index (χ2n) is 3.62. The quantitative estimate of drug-likeness (QED) is 0.484. The summed E-state index contributed by atoms with van der Waals surface area (Å²) in [5.41, 5.74) is 2.69. The van der Waals surface area contributed by atoms with Crippen LogP contribution in [0.5, 0.6) is 5.75 Å². The molecule has 2 rings (SSSR count). The van der Waals surface area contributed by atoms with E-state index < -0.39 is 0 Å². The second-order valence-corrected chi connectivity index (χ2v) is 3.62. The summed E-state index contributed by atoms with van der Waals surface area (Å²) in [5.74, 6) is 0.374. The minimum atomic E-state index is 0.374. The van der Waals surface area contributed by atoms with E-state index in [4.69, 9.17) is 5.26 Å². The molecule has 0 spiro atoms. The van der Waals surface area contributed by atoms with E-state index in [1.54, 1.807) is 24.3 Å². The summed E-state index contributed by atoms with van der Waals surface area (Å²) < 4.78 is 0. The van der Waals surface area contributed by atoms with Crippen LogP contribution < -0.4 is 4.89 Å². The minimum Gasteiger partial charge on any atom is -0.340 e. The molecule has 0 saturated heterocycles. The largest absolute Gasteiger partial charge is 0.340 e. The first-order chi connectivity index (χ1) is 8.28. The fourth-order valence-corrected chi connectivity index (χ4v) is 1.30. The van der Waals surface area contributed by atoms with Crippen LogP contribution in [0.1, 0.15) is 5.56 Å². The van der Waals surface area contributed by atoms with Crippen molar-refractivity contribution in [1.82, 2.24) is 0 Å². The van der Waals surface area contributed by atoms with Gasteiger partial charge in [0.1, 0.15) is 0 Å². The average Bonchev–Trinajstić information content (AvgIpc) is 2.39. The van der Waals surface area contributed by atoms with Crippen LogP contribution in [-0.2, 0) is 0 Å². The van der Waals surface area contributed by atoms with E-state index >= 15 is 0 Å². The molecule has 17 heavy (non-hydrogen) atoms. The average molecular weight is 228 g/mol. The smallest absolute Gasteiger partial charge is 0.165 e. The van der Waals surface area contributed by atoms with Crippen molar-refractivity contribution in [2.24, 2.45) is 10.2 Å². The first-order valence-corrected chi connectivity index (χ1v) is 5.18. The highest BCUT2D eigenvalue weighted by atomic mass is 17.1. The molecule has 0 unspecified atom stereocenters. The van der Waals surface area contributed by atoms with Crippen LogP contribution in [0.25, 0.3) is 0 Å². The molecule has 0 aliphatic heterocycles. The molecule has 86 valence electrons. The monoisotopic (exact) mass is 228 g/mol. The van der Waals surface area contributed by atoms with Gasteiger partial charge in [-0.1, -0.05) is 17.7 Å². The molecule has 0 saturated carbocycles. The van der Waals surface area contributed by atoms with E-state index in [0.717, 1.165) is 5.69 Å². The van der Waals surface area contributed by atoms with Crippen molar-refractivity contribution in [3.05, 3.63) is 54.1 Å². The molecule has 0 bridgehead atoms. The summed E-state index contributed by atoms with van der Waals surface area (Å²) >= 11 is 0. The topological polar surface area (TPSA) is 54.2 Å². The van der Waals surface area contributed by atoms with Gasteiger partial charge in [-0.25, -0.2) is 5.26 Å². The summed E-state index contributed by atoms with van der Waals surface area (Å²) in [6, 6.07) is 14.4. The number of nitrogens with zero attached hydrogens (tertiary/aromatic N) is 2. The van der Waals surface area contributed by atoms with Crippen LogP contribution in [0, 0.1) is 6.92 Å². The highest BCUT2D eigenvalue weighted by molar-refractivity contribution is 5.43. The third-order valence-corrected chi connectivity index (χ3v) is 2.26. The third kappa shape index (κ3) is 3.12. The number of aryl methyl sites for hydroxylation is 1. The van der Waals surface area contributed by atoms with E-state index in [9.17, 15) is 0 Å². The van der Waals surface area contributed by atoms with Gasteiger partial charge in [-0.05, 0) is 43.3 Å². The minimum absolute atomic E-state index is 0.374. The van der Waals surface area contributed by atoms with Crippen LogP contribution in [-0.4, -0.2) is 5.26 Å². The number of hydrogen-bond donors (Lipinski definition) is 1. The third-order valence-electron chi connectivity index (χ3n) is 2.26. The fourth-order valence-electron chi connectivity index (χ4n) is 1.30. The Morgan fingerprint density at radius 3 is 1.76 bits per heavy atom. The van der Waals surface area contributed by atoms with Crippen LogP contribution in [0.2, 0.25) is 0 Å². The molecule has 4 heteroatoms. The lowest BCUT2D eigenvalue weighted by Gasteiger charge is -1.96. The highest BCUT2D eigenvalue weighted by Gasteiger charge is 1.93. The maximum atomic E-state index is 8.41. The van der Waals surface area contributed by atoms with E-state index in [-0.39, 0.29) is 0 Å². The van der Waals surface area contributed by atoms with Gasteiger partial charge in [0.2, 0.25) is 0 Å². The summed E-state index contributed by atoms with van der Waals surface area (Å²) in [6.07, 6.45) is 0. The van der Waals surface area contributed by atoms with Crippen LogP contribution >= 0.6 is 0 Å². The van der Waals surface area contributed by atoms with Gasteiger partial charge in [0.05, 0.1) is 11.4 Å². The van der Waals surface area contributed by atoms with Crippen LogP contribution in [0.3, 0.4) is 0 Å². The Kier molecular flexibility index (Phi) is 3.47. The number of benzene rings is 2. The molecule has 4 nitrogen and oxygen atoms in total. The standard InChI is InChI=1S/C13H12N2O2/c1-10-2-4-11(5-3-10)14-15-12-6-8-13(17-16)9-7-12/h2-9,16H,1H3. The Morgan fingerprint density at radius 2 is 1.29 bits per heavy atom. The number of rotatable bonds is 3. The molecule has 0 heterocycles. The summed E-state index contributed by atoms with van der Waals surface area (Å²) in [5, 5.41) is 16.6. The van der Waals surface area contributed by atoms with Crippen molar-refractivity contribution < 1.29 is 10.1 Å². The van der Waals surface area contributed by atoms with Gasteiger partial charge in [0, 0.05) is 0 Å². The van der Waals surface area contributed by atoms with Crippen molar-refractivity contribution in [2.45, 2.75) is 6.92 Å². The van der Waals surface area contributed by atoms with E-state index in [0.29, 0.717) is 11.4 Å². The van der Waals surface area contributed by atoms with Crippen molar-refractivity contribution in [3.8, 4) is 5.75 Å². The maximum Gasteiger partial charge on any atom is 0.165 e. The zero-order chi connectivity index (χ0) is 12.1. The number of azo groups is 1. The Balaban J connectivity index is 2.11. The van der Waals surface area contributed by atoms with Crippen molar-refractivity contribution in [3.63, 3.8) is 0 Å². The lowest BCUT2D eigenvalue weighted by Crippen LogP contribution is -1.80. The Hall–Kier alpha value is -2.20. The molecule has 0 radical (unpaired) electrons. The summed E-state index contributed by atoms with van der Waals surface area (Å²) in [4.78, 5) is 4.07. The normalized spacial score (nSPS) is 10.7. The molecule has 0 aliphatic rings. The summed E-state index contributed by atoms with van der Waals surface area (Å²) in [7, 11) is 0. The zero-order valence-electron chi connectivity index (χ0n) is 9.37. The van der Waals surface area contributed by atoms with Crippen molar-refractivity contribution >= 4 is 11.4 Å². The molecule has 0 amide bonds. The predicted octanol–water partition coefficient (Wildman–Crippen LogP) is 4.26. The predicted molar refractivity (Wildman–Crippen MR) is 65.1 cm³/mol. The number of hydrogen-bond acceptors (Lipinski definition) is 4. The van der Waals surface area contributed by atoms with E-state index in [2.05, 4.69) is 15.1 Å². The SMILES string of the molecule is Cc1ccc(N=Nc2ccc(OO)cc2)cc1. The van der Waals surface area contributed by atoms with Crippen LogP contribution in [0.15, 0.2) is 58.8 Å². The second kappa shape index (κ2) is 5.23. The molecule has 2 aromatic carbocycles. The van der Waals surface area contributed by atoms with Gasteiger partial charge < -0.3 is 4.89 Å². The molecular weight excluding hydrogens is 216 g/mol. The van der Waals surface area contributed by atoms with Gasteiger partial charge in [-0.3, -0.25) is 0 Å². The Labute approximate surface area is 99.1 Å². The molecule has 0 fully saturated rings. The molecule has 1 N–H and O–H groups in total. The van der Waals surface area contributed by atoms with Crippen LogP contribution in [0.4, 0.5) is 11.4 Å².